The highest BCUT2D eigenvalue weighted by atomic mass is 14.6. The van der Waals surface area contributed by atoms with Gasteiger partial charge >= 0.3 is 0 Å². The molecule has 0 heterocycles. The van der Waals surface area contributed by atoms with Crippen LogP contribution in [0.3, 0.4) is 0 Å². The van der Waals surface area contributed by atoms with Gasteiger partial charge in [-0.2, -0.15) is 0 Å². The second kappa shape index (κ2) is 9.15. The van der Waals surface area contributed by atoms with E-state index in [9.17, 15) is 0 Å². The quantitative estimate of drug-likeness (QED) is 0.434. The van der Waals surface area contributed by atoms with E-state index in [1.165, 1.54) is 5.57 Å². The molecule has 0 fully saturated rings. The number of nitrogens with zero attached hydrogens (tertiary/aromatic N) is 1. The molecule has 0 aromatic carbocycles. The molecule has 64 valence electrons. The van der Waals surface area contributed by atoms with Crippen LogP contribution in [-0.4, -0.2) is 6.72 Å². The Kier molecular flexibility index (Phi) is 10.6. The lowest BCUT2D eigenvalue weighted by Gasteiger charge is -1.98. The van der Waals surface area contributed by atoms with E-state index in [-0.39, 0.29) is 0 Å². The molecule has 0 bridgehead atoms. The normalized spacial score (nSPS) is 9.64. The minimum Gasteiger partial charge on any atom is -0.272 e. The summed E-state index contributed by atoms with van der Waals surface area (Å²) in [6.07, 6.45) is 2.73. The SMILES string of the molecule is C=N/C=C(/CC)C(=C)C.CC. The smallest absolute Gasteiger partial charge is 0.0294 e. The Bertz CT molecular complexity index is 143. The summed E-state index contributed by atoms with van der Waals surface area (Å²) in [5.41, 5.74) is 2.25. The van der Waals surface area contributed by atoms with Crippen LogP contribution in [0, 0.1) is 0 Å². The highest BCUT2D eigenvalue weighted by molar-refractivity contribution is 5.31. The van der Waals surface area contributed by atoms with E-state index in [4.69, 9.17) is 0 Å². The van der Waals surface area contributed by atoms with Gasteiger partial charge in [0, 0.05) is 6.20 Å². The maximum Gasteiger partial charge on any atom is 0.0294 e. The molecule has 0 radical (unpaired) electrons. The van der Waals surface area contributed by atoms with Crippen molar-refractivity contribution in [1.29, 1.82) is 0 Å². The largest absolute Gasteiger partial charge is 0.272 e. The van der Waals surface area contributed by atoms with Gasteiger partial charge in [0.2, 0.25) is 0 Å². The van der Waals surface area contributed by atoms with E-state index in [0.29, 0.717) is 0 Å². The molecule has 0 N–H and O–H groups in total. The predicted molar refractivity (Wildman–Crippen MR) is 54.1 cm³/mol. The number of allylic oxidation sites excluding steroid dienone is 2. The summed E-state index contributed by atoms with van der Waals surface area (Å²) in [6, 6.07) is 0. The van der Waals surface area contributed by atoms with Crippen molar-refractivity contribution in [2.24, 2.45) is 4.99 Å². The van der Waals surface area contributed by atoms with Crippen molar-refractivity contribution in [2.75, 3.05) is 0 Å². The van der Waals surface area contributed by atoms with Crippen molar-refractivity contribution < 1.29 is 0 Å². The Labute approximate surface area is 70.5 Å². The van der Waals surface area contributed by atoms with Crippen LogP contribution in [0.25, 0.3) is 0 Å². The molecular weight excluding hydrogens is 134 g/mol. The first kappa shape index (κ1) is 12.8. The third kappa shape index (κ3) is 7.04. The van der Waals surface area contributed by atoms with Gasteiger partial charge in [0.1, 0.15) is 0 Å². The Morgan fingerprint density at radius 2 is 1.91 bits per heavy atom. The van der Waals surface area contributed by atoms with Crippen molar-refractivity contribution in [2.45, 2.75) is 34.1 Å². The van der Waals surface area contributed by atoms with Gasteiger partial charge in [0.25, 0.3) is 0 Å². The molecule has 1 nitrogen and oxygen atoms in total. The Balaban J connectivity index is 0. The van der Waals surface area contributed by atoms with E-state index < -0.39 is 0 Å². The molecule has 1 heteroatoms. The van der Waals surface area contributed by atoms with Gasteiger partial charge in [0.05, 0.1) is 0 Å². The molecule has 0 rings (SSSR count). The summed E-state index contributed by atoms with van der Waals surface area (Å²) >= 11 is 0. The van der Waals surface area contributed by atoms with Gasteiger partial charge in [-0.1, -0.05) is 32.9 Å². The lowest BCUT2D eigenvalue weighted by atomic mass is 10.1. The second-order valence-corrected chi connectivity index (χ2v) is 1.97. The molecule has 0 aliphatic carbocycles. The highest BCUT2D eigenvalue weighted by Gasteiger charge is 1.90. The minimum absolute atomic E-state index is 0.981. The molecule has 0 spiro atoms. The third-order valence-corrected chi connectivity index (χ3v) is 1.18. The van der Waals surface area contributed by atoms with Crippen molar-refractivity contribution in [3.05, 3.63) is 23.9 Å². The van der Waals surface area contributed by atoms with Crippen LogP contribution in [0.4, 0.5) is 0 Å². The molecule has 0 saturated carbocycles. The monoisotopic (exact) mass is 153 g/mol. The lowest BCUT2D eigenvalue weighted by Crippen LogP contribution is -1.79. The minimum atomic E-state index is 0.981. The Morgan fingerprint density at radius 1 is 1.45 bits per heavy atom. The maximum absolute atomic E-state index is 3.79. The van der Waals surface area contributed by atoms with Gasteiger partial charge in [0.15, 0.2) is 0 Å². The average Bonchev–Trinajstić information content (AvgIpc) is 2.03. The number of aliphatic imine (C=N–C) groups is 1. The molecule has 0 saturated heterocycles. The zero-order chi connectivity index (χ0) is 9.28. The van der Waals surface area contributed by atoms with E-state index in [1.807, 2.05) is 20.8 Å². The predicted octanol–water partition coefficient (Wildman–Crippen LogP) is 3.58. The van der Waals surface area contributed by atoms with Crippen LogP contribution in [-0.2, 0) is 0 Å². The third-order valence-electron chi connectivity index (χ3n) is 1.18. The van der Waals surface area contributed by atoms with E-state index in [1.54, 1.807) is 6.20 Å². The summed E-state index contributed by atoms with van der Waals surface area (Å²) in [4.78, 5) is 3.66. The number of rotatable bonds is 3. The fourth-order valence-electron chi connectivity index (χ4n) is 0.613. The molecule has 0 amide bonds. The molecule has 0 aromatic heterocycles. The van der Waals surface area contributed by atoms with Gasteiger partial charge < -0.3 is 0 Å². The first-order chi connectivity index (χ1) is 5.22. The zero-order valence-corrected chi connectivity index (χ0v) is 8.15. The van der Waals surface area contributed by atoms with Gasteiger partial charge in [-0.15, -0.1) is 0 Å². The Morgan fingerprint density at radius 3 is 2.00 bits per heavy atom. The van der Waals surface area contributed by atoms with Crippen molar-refractivity contribution >= 4 is 6.72 Å². The number of hydrogen-bond donors (Lipinski definition) is 0. The van der Waals surface area contributed by atoms with Crippen LogP contribution in [0.1, 0.15) is 34.1 Å². The van der Waals surface area contributed by atoms with Crippen LogP contribution >= 0.6 is 0 Å². The van der Waals surface area contributed by atoms with Crippen LogP contribution in [0.2, 0.25) is 0 Å². The van der Waals surface area contributed by atoms with E-state index in [2.05, 4.69) is 25.2 Å². The summed E-state index contributed by atoms with van der Waals surface area (Å²) in [6.45, 7) is 15.2. The highest BCUT2D eigenvalue weighted by Crippen LogP contribution is 2.09. The van der Waals surface area contributed by atoms with Crippen molar-refractivity contribution in [3.63, 3.8) is 0 Å². The summed E-state index contributed by atoms with van der Waals surface area (Å²) in [5, 5.41) is 0. The van der Waals surface area contributed by atoms with Crippen LogP contribution in [0.15, 0.2) is 28.9 Å². The molecule has 0 unspecified atom stereocenters. The summed E-state index contributed by atoms with van der Waals surface area (Å²) in [7, 11) is 0. The van der Waals surface area contributed by atoms with Crippen LogP contribution in [0.5, 0.6) is 0 Å². The lowest BCUT2D eigenvalue weighted by molar-refractivity contribution is 1.10. The summed E-state index contributed by atoms with van der Waals surface area (Å²) in [5.74, 6) is 0. The maximum atomic E-state index is 3.79. The molecule has 0 atom stereocenters. The molecule has 0 aliphatic heterocycles. The number of hydrogen-bond acceptors (Lipinski definition) is 1. The first-order valence-electron chi connectivity index (χ1n) is 4.03. The zero-order valence-electron chi connectivity index (χ0n) is 8.15. The first-order valence-corrected chi connectivity index (χ1v) is 4.03. The summed E-state index contributed by atoms with van der Waals surface area (Å²) < 4.78 is 0. The topological polar surface area (TPSA) is 12.4 Å². The van der Waals surface area contributed by atoms with Crippen molar-refractivity contribution in [1.82, 2.24) is 0 Å². The Hall–Kier alpha value is -0.850. The fraction of sp³-hybridized carbons (Fsp3) is 0.500. The average molecular weight is 153 g/mol. The van der Waals surface area contributed by atoms with Gasteiger partial charge in [-0.25, -0.2) is 0 Å². The van der Waals surface area contributed by atoms with E-state index in [0.717, 1.165) is 12.0 Å². The molecule has 11 heavy (non-hydrogen) atoms. The molecular formula is C10H19N. The fourth-order valence-corrected chi connectivity index (χ4v) is 0.613. The van der Waals surface area contributed by atoms with Gasteiger partial charge in [-0.05, 0) is 25.6 Å². The molecule has 0 aliphatic rings. The molecule has 0 aromatic rings. The van der Waals surface area contributed by atoms with E-state index >= 15 is 0 Å². The standard InChI is InChI=1S/C8H13N.C2H6/c1-5-8(6-9-4)7(2)3;1-2/h6H,2,4-5H2,1,3H3;1-2H3/b8-6-;. The second-order valence-electron chi connectivity index (χ2n) is 1.97. The van der Waals surface area contributed by atoms with Crippen LogP contribution < -0.4 is 0 Å². The van der Waals surface area contributed by atoms with Gasteiger partial charge in [-0.3, -0.25) is 4.99 Å². The van der Waals surface area contributed by atoms with Crippen molar-refractivity contribution in [3.8, 4) is 0 Å².